The Morgan fingerprint density at radius 2 is 1.20 bits per heavy atom. The van der Waals surface area contributed by atoms with Crippen molar-refractivity contribution >= 4 is 17.1 Å². The second-order valence-corrected chi connectivity index (χ2v) is 3.43. The lowest BCUT2D eigenvalue weighted by Crippen LogP contribution is -1.96. The topological polar surface area (TPSA) is 78.1 Å². The van der Waals surface area contributed by atoms with Crippen molar-refractivity contribution in [2.45, 2.75) is 0 Å². The van der Waals surface area contributed by atoms with Crippen LogP contribution in [-0.2, 0) is 0 Å². The molecular formula is C12H13N3. The van der Waals surface area contributed by atoms with Gasteiger partial charge >= 0.3 is 0 Å². The van der Waals surface area contributed by atoms with Crippen molar-refractivity contribution in [3.63, 3.8) is 0 Å². The molecule has 2 aromatic carbocycles. The lowest BCUT2D eigenvalue weighted by atomic mass is 10.0. The van der Waals surface area contributed by atoms with Gasteiger partial charge in [0.05, 0.1) is 0 Å². The third kappa shape index (κ3) is 1.72. The highest BCUT2D eigenvalue weighted by Crippen LogP contribution is 2.31. The van der Waals surface area contributed by atoms with Crippen molar-refractivity contribution < 1.29 is 0 Å². The number of hydrogen-bond acceptors (Lipinski definition) is 3. The second-order valence-electron chi connectivity index (χ2n) is 3.43. The first-order chi connectivity index (χ1) is 7.18. The third-order valence-electron chi connectivity index (χ3n) is 2.33. The number of nitrogens with two attached hydrogens (primary N) is 3. The van der Waals surface area contributed by atoms with Crippen molar-refractivity contribution in [1.29, 1.82) is 0 Å². The first-order valence-corrected chi connectivity index (χ1v) is 4.68. The summed E-state index contributed by atoms with van der Waals surface area (Å²) in [4.78, 5) is 0. The molecule has 2 aromatic rings. The van der Waals surface area contributed by atoms with Gasteiger partial charge in [-0.2, -0.15) is 0 Å². The molecule has 0 atom stereocenters. The van der Waals surface area contributed by atoms with Gasteiger partial charge in [0, 0.05) is 22.6 Å². The van der Waals surface area contributed by atoms with Crippen LogP contribution in [0.2, 0.25) is 0 Å². The van der Waals surface area contributed by atoms with Crippen molar-refractivity contribution in [2.75, 3.05) is 17.2 Å². The van der Waals surface area contributed by atoms with Crippen LogP contribution in [0.4, 0.5) is 17.1 Å². The van der Waals surface area contributed by atoms with E-state index in [9.17, 15) is 0 Å². The molecule has 0 radical (unpaired) electrons. The monoisotopic (exact) mass is 199 g/mol. The summed E-state index contributed by atoms with van der Waals surface area (Å²) >= 11 is 0. The number of benzene rings is 2. The van der Waals surface area contributed by atoms with E-state index in [0.717, 1.165) is 16.8 Å². The Kier molecular flexibility index (Phi) is 2.21. The van der Waals surface area contributed by atoms with Gasteiger partial charge in [0.25, 0.3) is 0 Å². The van der Waals surface area contributed by atoms with Crippen LogP contribution in [0.1, 0.15) is 0 Å². The minimum atomic E-state index is 0.680. The van der Waals surface area contributed by atoms with Crippen LogP contribution in [0.25, 0.3) is 11.1 Å². The standard InChI is InChI=1S/C12H13N3/c13-9-6-4-8(5-7-9)12-10(14)2-1-3-11(12)15/h1-7H,13-15H2. The fraction of sp³-hybridized carbons (Fsp3) is 0. The van der Waals surface area contributed by atoms with Crippen molar-refractivity contribution in [1.82, 2.24) is 0 Å². The van der Waals surface area contributed by atoms with E-state index in [-0.39, 0.29) is 0 Å². The summed E-state index contributed by atoms with van der Waals surface area (Å²) < 4.78 is 0. The maximum absolute atomic E-state index is 5.88. The molecule has 0 bridgehead atoms. The molecule has 3 heteroatoms. The van der Waals surface area contributed by atoms with E-state index in [0.29, 0.717) is 11.4 Å². The second kappa shape index (κ2) is 3.53. The fourth-order valence-corrected chi connectivity index (χ4v) is 1.57. The molecule has 0 fully saturated rings. The van der Waals surface area contributed by atoms with Gasteiger partial charge in [-0.25, -0.2) is 0 Å². The third-order valence-corrected chi connectivity index (χ3v) is 2.33. The molecule has 0 heterocycles. The molecule has 0 aliphatic rings. The Morgan fingerprint density at radius 1 is 0.667 bits per heavy atom. The first kappa shape index (κ1) is 9.40. The highest BCUT2D eigenvalue weighted by atomic mass is 14.6. The van der Waals surface area contributed by atoms with Crippen LogP contribution < -0.4 is 17.2 Å². The van der Waals surface area contributed by atoms with Crippen LogP contribution in [0, 0.1) is 0 Å². The van der Waals surface area contributed by atoms with Crippen LogP contribution >= 0.6 is 0 Å². The lowest BCUT2D eigenvalue weighted by molar-refractivity contribution is 1.60. The quantitative estimate of drug-likeness (QED) is 0.615. The average molecular weight is 199 g/mol. The molecule has 0 aliphatic heterocycles. The Hall–Kier alpha value is -2.16. The van der Waals surface area contributed by atoms with Gasteiger partial charge in [0.15, 0.2) is 0 Å². The zero-order valence-electron chi connectivity index (χ0n) is 8.27. The predicted octanol–water partition coefficient (Wildman–Crippen LogP) is 2.10. The summed E-state index contributed by atoms with van der Waals surface area (Å²) in [6.45, 7) is 0. The highest BCUT2D eigenvalue weighted by Gasteiger charge is 2.05. The van der Waals surface area contributed by atoms with Crippen molar-refractivity contribution in [2.24, 2.45) is 0 Å². The molecule has 0 amide bonds. The zero-order valence-corrected chi connectivity index (χ0v) is 8.27. The smallest absolute Gasteiger partial charge is 0.0414 e. The van der Waals surface area contributed by atoms with E-state index >= 15 is 0 Å². The molecule has 15 heavy (non-hydrogen) atoms. The largest absolute Gasteiger partial charge is 0.399 e. The van der Waals surface area contributed by atoms with E-state index < -0.39 is 0 Å². The van der Waals surface area contributed by atoms with Gasteiger partial charge in [-0.1, -0.05) is 18.2 Å². The number of anilines is 3. The summed E-state index contributed by atoms with van der Waals surface area (Å²) in [5.74, 6) is 0. The van der Waals surface area contributed by atoms with E-state index in [4.69, 9.17) is 17.2 Å². The number of rotatable bonds is 1. The SMILES string of the molecule is Nc1ccc(-c2c(N)cccc2N)cc1. The summed E-state index contributed by atoms with van der Waals surface area (Å²) in [7, 11) is 0. The van der Waals surface area contributed by atoms with Crippen LogP contribution in [0.5, 0.6) is 0 Å². The van der Waals surface area contributed by atoms with E-state index in [1.807, 2.05) is 42.5 Å². The van der Waals surface area contributed by atoms with E-state index in [1.165, 1.54) is 0 Å². The van der Waals surface area contributed by atoms with Gasteiger partial charge < -0.3 is 17.2 Å². The normalized spacial score (nSPS) is 10.1. The molecule has 6 N–H and O–H groups in total. The van der Waals surface area contributed by atoms with Crippen LogP contribution in [0.15, 0.2) is 42.5 Å². The van der Waals surface area contributed by atoms with Crippen LogP contribution in [0.3, 0.4) is 0 Å². The maximum atomic E-state index is 5.88. The summed E-state index contributed by atoms with van der Waals surface area (Å²) in [6.07, 6.45) is 0. The average Bonchev–Trinajstić information content (AvgIpc) is 2.20. The molecule has 0 saturated heterocycles. The number of hydrogen-bond donors (Lipinski definition) is 3. The Labute approximate surface area is 88.5 Å². The Bertz CT molecular complexity index is 454. The molecule has 2 rings (SSSR count). The zero-order chi connectivity index (χ0) is 10.8. The highest BCUT2D eigenvalue weighted by molar-refractivity contribution is 5.86. The molecule has 76 valence electrons. The molecular weight excluding hydrogens is 186 g/mol. The van der Waals surface area contributed by atoms with Gasteiger partial charge in [0.2, 0.25) is 0 Å². The minimum absolute atomic E-state index is 0.680. The van der Waals surface area contributed by atoms with Gasteiger partial charge in [0.1, 0.15) is 0 Å². The van der Waals surface area contributed by atoms with E-state index in [1.54, 1.807) is 0 Å². The minimum Gasteiger partial charge on any atom is -0.399 e. The first-order valence-electron chi connectivity index (χ1n) is 4.68. The lowest BCUT2D eigenvalue weighted by Gasteiger charge is -2.09. The summed E-state index contributed by atoms with van der Waals surface area (Å²) in [5.41, 5.74) is 21.3. The van der Waals surface area contributed by atoms with Gasteiger partial charge in [-0.3, -0.25) is 0 Å². The fourth-order valence-electron chi connectivity index (χ4n) is 1.57. The maximum Gasteiger partial charge on any atom is 0.0414 e. The predicted molar refractivity (Wildman–Crippen MR) is 65.1 cm³/mol. The van der Waals surface area contributed by atoms with Gasteiger partial charge in [-0.15, -0.1) is 0 Å². The molecule has 0 spiro atoms. The van der Waals surface area contributed by atoms with E-state index in [2.05, 4.69) is 0 Å². The molecule has 0 saturated carbocycles. The Balaban J connectivity index is 2.58. The molecule has 0 aliphatic carbocycles. The van der Waals surface area contributed by atoms with Crippen LogP contribution in [-0.4, -0.2) is 0 Å². The Morgan fingerprint density at radius 3 is 1.73 bits per heavy atom. The van der Waals surface area contributed by atoms with Crippen molar-refractivity contribution in [3.8, 4) is 11.1 Å². The summed E-state index contributed by atoms with van der Waals surface area (Å²) in [6, 6.07) is 13.0. The molecule has 0 unspecified atom stereocenters. The molecule has 0 aromatic heterocycles. The summed E-state index contributed by atoms with van der Waals surface area (Å²) in [5, 5.41) is 0. The molecule has 3 nitrogen and oxygen atoms in total. The number of nitrogen functional groups attached to an aromatic ring is 3. The van der Waals surface area contributed by atoms with Crippen molar-refractivity contribution in [3.05, 3.63) is 42.5 Å². The van der Waals surface area contributed by atoms with Gasteiger partial charge in [-0.05, 0) is 29.8 Å².